The van der Waals surface area contributed by atoms with E-state index in [0.717, 1.165) is 49.9 Å². The number of hydrogen-bond donors (Lipinski definition) is 2. The Bertz CT molecular complexity index is 1370. The van der Waals surface area contributed by atoms with E-state index in [0.29, 0.717) is 22.1 Å². The average Bonchev–Trinajstić information content (AvgIpc) is 2.82. The highest BCUT2D eigenvalue weighted by atomic mass is 32.2. The van der Waals surface area contributed by atoms with Gasteiger partial charge in [0.2, 0.25) is 20.0 Å². The molecule has 0 bridgehead atoms. The topological polar surface area (TPSA) is 105 Å². The Hall–Kier alpha value is -2.92. The van der Waals surface area contributed by atoms with Crippen LogP contribution in [-0.4, -0.2) is 47.1 Å². The lowest BCUT2D eigenvalue weighted by molar-refractivity contribution is 0.200. The first kappa shape index (κ1) is 26.2. The number of anilines is 1. The van der Waals surface area contributed by atoms with Crippen molar-refractivity contribution < 1.29 is 21.6 Å². The first-order chi connectivity index (χ1) is 17.1. The Balaban J connectivity index is 1.25. The Morgan fingerprint density at radius 1 is 0.833 bits per heavy atom. The van der Waals surface area contributed by atoms with Crippen molar-refractivity contribution in [1.29, 1.82) is 0 Å². The molecule has 3 aromatic rings. The maximum Gasteiger partial charge on any atom is 0.240 e. The molecular weight excluding hydrogens is 498 g/mol. The molecule has 0 amide bonds. The van der Waals surface area contributed by atoms with Crippen LogP contribution in [0.3, 0.4) is 0 Å². The molecule has 192 valence electrons. The van der Waals surface area contributed by atoms with Crippen LogP contribution in [0.1, 0.15) is 24.0 Å². The average molecular weight is 530 g/mol. The van der Waals surface area contributed by atoms with Crippen LogP contribution in [-0.2, 0) is 26.6 Å². The molecule has 1 aliphatic heterocycles. The fourth-order valence-corrected chi connectivity index (χ4v) is 5.95. The number of aryl methyl sites for hydroxylation is 1. The first-order valence-corrected chi connectivity index (χ1v) is 15.1. The van der Waals surface area contributed by atoms with E-state index in [2.05, 4.69) is 14.3 Å². The molecule has 0 radical (unpaired) electrons. The number of piperidine rings is 1. The van der Waals surface area contributed by atoms with Crippen molar-refractivity contribution in [2.24, 2.45) is 0 Å². The summed E-state index contributed by atoms with van der Waals surface area (Å²) in [4.78, 5) is 2.62. The fraction of sp³-hybridized carbons (Fsp3) is 0.308. The predicted octanol–water partition coefficient (Wildman–Crippen LogP) is 4.10. The van der Waals surface area contributed by atoms with Crippen molar-refractivity contribution in [3.05, 3.63) is 83.9 Å². The third kappa shape index (κ3) is 7.54. The number of hydrogen-bond acceptors (Lipinski definition) is 6. The number of nitrogens with one attached hydrogen (secondary N) is 2. The maximum atomic E-state index is 12.7. The lowest BCUT2D eigenvalue weighted by atomic mass is 10.1. The van der Waals surface area contributed by atoms with Gasteiger partial charge in [-0.25, -0.2) is 21.6 Å². The molecule has 0 saturated carbocycles. The van der Waals surface area contributed by atoms with E-state index in [1.54, 1.807) is 36.4 Å². The van der Waals surface area contributed by atoms with Crippen molar-refractivity contribution >= 4 is 25.7 Å². The van der Waals surface area contributed by atoms with Crippen LogP contribution in [0.25, 0.3) is 0 Å². The van der Waals surface area contributed by atoms with Gasteiger partial charge in [-0.3, -0.25) is 9.62 Å². The molecule has 36 heavy (non-hydrogen) atoms. The minimum Gasteiger partial charge on any atom is -0.457 e. The van der Waals surface area contributed by atoms with Gasteiger partial charge in [-0.05, 0) is 73.9 Å². The van der Waals surface area contributed by atoms with Gasteiger partial charge in [0.15, 0.2) is 0 Å². The van der Waals surface area contributed by atoms with Gasteiger partial charge in [0.25, 0.3) is 0 Å². The molecule has 2 N–H and O–H groups in total. The molecule has 8 nitrogen and oxygen atoms in total. The summed E-state index contributed by atoms with van der Waals surface area (Å²) in [7, 11) is -6.82. The Labute approximate surface area is 213 Å². The molecule has 0 spiro atoms. The van der Waals surface area contributed by atoms with Crippen LogP contribution in [0.15, 0.2) is 77.7 Å². The van der Waals surface area contributed by atoms with E-state index >= 15 is 0 Å². The Morgan fingerprint density at radius 2 is 1.39 bits per heavy atom. The van der Waals surface area contributed by atoms with Gasteiger partial charge in [-0.1, -0.05) is 29.8 Å². The molecule has 1 fully saturated rings. The van der Waals surface area contributed by atoms with Gasteiger partial charge in [0, 0.05) is 31.4 Å². The molecular formula is C26H31N3O5S2. The second-order valence-corrected chi connectivity index (χ2v) is 12.6. The summed E-state index contributed by atoms with van der Waals surface area (Å²) in [5.74, 6) is 1.30. The van der Waals surface area contributed by atoms with Crippen molar-refractivity contribution in [2.45, 2.75) is 37.2 Å². The van der Waals surface area contributed by atoms with Gasteiger partial charge in [0.05, 0.1) is 11.2 Å². The molecule has 0 unspecified atom stereocenters. The predicted molar refractivity (Wildman–Crippen MR) is 141 cm³/mol. The molecule has 0 aliphatic carbocycles. The second-order valence-electron chi connectivity index (χ2n) is 9.13. The fourth-order valence-electron chi connectivity index (χ4n) is 4.08. The van der Waals surface area contributed by atoms with E-state index in [1.807, 2.05) is 43.3 Å². The molecule has 0 atom stereocenters. The zero-order chi connectivity index (χ0) is 25.8. The smallest absolute Gasteiger partial charge is 0.240 e. The highest BCUT2D eigenvalue weighted by Crippen LogP contribution is 2.24. The van der Waals surface area contributed by atoms with Gasteiger partial charge < -0.3 is 4.74 Å². The van der Waals surface area contributed by atoms with Crippen LogP contribution >= 0.6 is 0 Å². The molecule has 0 aromatic heterocycles. The standard InChI is InChI=1S/C26H31N3O5S2/c1-20-3-13-26(14-4-20)36(32,33)28-23-15-17-29(18-16-23)19-21-5-9-24(10-6-21)34-25-11-7-22(8-12-25)27-35(2,30)31/h3-14,23,27-28H,15-19H2,1-2H3. The lowest BCUT2D eigenvalue weighted by Gasteiger charge is -2.32. The third-order valence-electron chi connectivity index (χ3n) is 5.96. The largest absolute Gasteiger partial charge is 0.457 e. The van der Waals surface area contributed by atoms with Crippen molar-refractivity contribution in [3.63, 3.8) is 0 Å². The molecule has 3 aromatic carbocycles. The van der Waals surface area contributed by atoms with Crippen LogP contribution in [0.5, 0.6) is 11.5 Å². The molecule has 1 saturated heterocycles. The monoisotopic (exact) mass is 529 g/mol. The van der Waals surface area contributed by atoms with Crippen LogP contribution < -0.4 is 14.2 Å². The first-order valence-electron chi connectivity index (χ1n) is 11.7. The zero-order valence-electron chi connectivity index (χ0n) is 20.3. The maximum absolute atomic E-state index is 12.7. The van der Waals surface area contributed by atoms with Gasteiger partial charge in [-0.15, -0.1) is 0 Å². The summed E-state index contributed by atoms with van der Waals surface area (Å²) in [5.41, 5.74) is 2.65. The number of likely N-dealkylation sites (tertiary alicyclic amines) is 1. The van der Waals surface area contributed by atoms with Crippen LogP contribution in [0.4, 0.5) is 5.69 Å². The van der Waals surface area contributed by atoms with Crippen LogP contribution in [0.2, 0.25) is 0 Å². The number of ether oxygens (including phenoxy) is 1. The van der Waals surface area contributed by atoms with Gasteiger partial charge in [-0.2, -0.15) is 0 Å². The van der Waals surface area contributed by atoms with E-state index < -0.39 is 20.0 Å². The quantitative estimate of drug-likeness (QED) is 0.432. The number of benzene rings is 3. The molecule has 4 rings (SSSR count). The number of rotatable bonds is 9. The van der Waals surface area contributed by atoms with E-state index in [9.17, 15) is 16.8 Å². The summed E-state index contributed by atoms with van der Waals surface area (Å²) >= 11 is 0. The highest BCUT2D eigenvalue weighted by molar-refractivity contribution is 7.92. The van der Waals surface area contributed by atoms with E-state index in [4.69, 9.17) is 4.74 Å². The summed E-state index contributed by atoms with van der Waals surface area (Å²) in [6.45, 7) is 4.34. The second kappa shape index (κ2) is 11.0. The van der Waals surface area contributed by atoms with Crippen molar-refractivity contribution in [2.75, 3.05) is 24.1 Å². The molecule has 1 heterocycles. The van der Waals surface area contributed by atoms with Crippen molar-refractivity contribution in [3.8, 4) is 11.5 Å². The summed E-state index contributed by atoms with van der Waals surface area (Å²) < 4.78 is 59.1. The summed E-state index contributed by atoms with van der Waals surface area (Å²) in [5, 5.41) is 0. The summed E-state index contributed by atoms with van der Waals surface area (Å²) in [6.07, 6.45) is 2.63. The summed E-state index contributed by atoms with van der Waals surface area (Å²) in [6, 6.07) is 21.4. The van der Waals surface area contributed by atoms with Gasteiger partial charge in [0.1, 0.15) is 11.5 Å². The Morgan fingerprint density at radius 3 is 1.94 bits per heavy atom. The number of sulfonamides is 2. The normalized spacial score (nSPS) is 15.5. The highest BCUT2D eigenvalue weighted by Gasteiger charge is 2.24. The molecule has 1 aliphatic rings. The van der Waals surface area contributed by atoms with Crippen molar-refractivity contribution in [1.82, 2.24) is 9.62 Å². The minimum atomic E-state index is -3.51. The molecule has 10 heteroatoms. The third-order valence-corrected chi connectivity index (χ3v) is 8.11. The number of nitrogens with zero attached hydrogens (tertiary/aromatic N) is 1. The van der Waals surface area contributed by atoms with Crippen LogP contribution in [0, 0.1) is 6.92 Å². The SMILES string of the molecule is Cc1ccc(S(=O)(=O)NC2CCN(Cc3ccc(Oc4ccc(NS(C)(=O)=O)cc4)cc3)CC2)cc1. The van der Waals surface area contributed by atoms with Gasteiger partial charge >= 0.3 is 0 Å². The van der Waals surface area contributed by atoms with E-state index in [1.165, 1.54) is 0 Å². The minimum absolute atomic E-state index is 0.0673. The lowest BCUT2D eigenvalue weighted by Crippen LogP contribution is -2.44. The Kier molecular flexibility index (Phi) is 7.99. The zero-order valence-corrected chi connectivity index (χ0v) is 22.0. The van der Waals surface area contributed by atoms with E-state index in [-0.39, 0.29) is 6.04 Å².